The molecule has 676 valence electrons. The number of aromatic nitrogens is 6. The zero-order valence-corrected chi connectivity index (χ0v) is 81.4. The average Bonchev–Trinajstić information content (AvgIpc) is 1.55. The first-order valence-electron chi connectivity index (χ1n) is 45.6. The first-order valence-corrected chi connectivity index (χ1v) is 49.2. The molecule has 18 aromatic carbocycles. The monoisotopic (exact) mass is 1920 g/mol. The summed E-state index contributed by atoms with van der Waals surface area (Å²) in [5.74, 6) is 2.05. The zero-order valence-electron chi connectivity index (χ0n) is 76.7. The Kier molecular flexibility index (Phi) is 27.9. The lowest BCUT2D eigenvalue weighted by molar-refractivity contribution is 0.00578. The van der Waals surface area contributed by atoms with Gasteiger partial charge in [-0.25, -0.2) is 29.9 Å². The van der Waals surface area contributed by atoms with E-state index in [9.17, 15) is 0 Å². The molecule has 0 atom stereocenters. The third-order valence-corrected chi connectivity index (χ3v) is 30.2. The van der Waals surface area contributed by atoms with Gasteiger partial charge in [0.1, 0.15) is 13.0 Å². The fourth-order valence-electron chi connectivity index (χ4n) is 17.6. The van der Waals surface area contributed by atoms with Crippen LogP contribution in [0.3, 0.4) is 0 Å². The fourth-order valence-corrected chi connectivity index (χ4v) is 22.1. The summed E-state index contributed by atoms with van der Waals surface area (Å²) in [7, 11) is 5.29. The van der Waals surface area contributed by atoms with Gasteiger partial charge in [0.15, 0.2) is 17.5 Å². The second-order valence-electron chi connectivity index (χ2n) is 34.7. The lowest BCUT2D eigenvalue weighted by Gasteiger charge is -2.32. The normalized spacial score (nSPS) is 12.3. The van der Waals surface area contributed by atoms with Crippen LogP contribution in [0.15, 0.2) is 443 Å². The van der Waals surface area contributed by atoms with Crippen molar-refractivity contribution >= 4 is 177 Å². The first-order chi connectivity index (χ1) is 67.5. The van der Waals surface area contributed by atoms with Gasteiger partial charge in [0.2, 0.25) is 0 Å². The van der Waals surface area contributed by atoms with Gasteiger partial charge < -0.3 is 20.3 Å². The van der Waals surface area contributed by atoms with Gasteiger partial charge in [-0.3, -0.25) is 0 Å². The minimum Gasteiger partial charge on any atom is -0.412 e. The van der Waals surface area contributed by atoms with E-state index in [1.807, 2.05) is 169 Å². The highest BCUT2D eigenvalue weighted by molar-refractivity contribution is 7.27. The largest absolute Gasteiger partial charge is 0.496 e. The summed E-state index contributed by atoms with van der Waals surface area (Å²) in [5.41, 5.74) is 20.7. The van der Waals surface area contributed by atoms with Gasteiger partial charge >= 0.3 is 7.12 Å². The van der Waals surface area contributed by atoms with E-state index >= 15 is 0 Å². The lowest BCUT2D eigenvalue weighted by atomic mass is 9.79. The second-order valence-corrected chi connectivity index (χ2v) is 39.0. The van der Waals surface area contributed by atoms with E-state index in [2.05, 4.69) is 317 Å². The predicted molar refractivity (Wildman–Crippen MR) is 596 cm³/mol. The van der Waals surface area contributed by atoms with Gasteiger partial charge in [0.25, 0.3) is 0 Å². The van der Waals surface area contributed by atoms with Gasteiger partial charge in [-0.05, 0) is 107 Å². The van der Waals surface area contributed by atoms with Crippen LogP contribution >= 0.6 is 68.8 Å². The third-order valence-electron chi connectivity index (χ3n) is 25.3. The topological polar surface area (TPSA) is 159 Å². The molecule has 6 aromatic heterocycles. The van der Waals surface area contributed by atoms with Gasteiger partial charge in [0.05, 0.1) is 59.1 Å². The SMILES string of the molecule is CC1(C)OB(c2ccc3c(sc4ccccc43)c2Cl)OC1(C)C.Clc1c(-c2cc(-c3ccccc3)nc(-c3ccccc3)n2)ccc2c1sc1ccccc12.Clc1cc(-c2ccccc2)nc(-c2ccccc2)n1.O.O.[B]c1ccc(-c2cccc3ccccc23)cc1.c1ccc(-c2cc(-c3ccc4c(sc5ccccc54)c3-c3ccc(-c4cccc5ccccc45)cc3)nc(-c3ccccc3)n2)cc1. The quantitative estimate of drug-likeness (QED) is 0.0863. The minimum absolute atomic E-state index is 0. The molecular weight excluding hydrogens is 1840 g/mol. The highest BCUT2D eigenvalue weighted by atomic mass is 35.5. The van der Waals surface area contributed by atoms with Crippen molar-refractivity contribution < 1.29 is 20.3 Å². The molecule has 10 nitrogen and oxygen atoms in total. The zero-order chi connectivity index (χ0) is 93.8. The van der Waals surface area contributed by atoms with Crippen LogP contribution in [-0.4, -0.2) is 67.0 Å². The molecule has 4 N–H and O–H groups in total. The van der Waals surface area contributed by atoms with Crippen molar-refractivity contribution in [3.05, 3.63) is 458 Å². The Hall–Kier alpha value is -14.8. The molecule has 1 aliphatic heterocycles. The Labute approximate surface area is 840 Å². The van der Waals surface area contributed by atoms with E-state index in [1.165, 1.54) is 106 Å². The van der Waals surface area contributed by atoms with Crippen molar-refractivity contribution in [2.24, 2.45) is 0 Å². The maximum atomic E-state index is 6.99. The van der Waals surface area contributed by atoms with Crippen molar-refractivity contribution in [2.45, 2.75) is 38.9 Å². The summed E-state index contributed by atoms with van der Waals surface area (Å²) in [4.78, 5) is 29.0. The molecule has 2 radical (unpaired) electrons. The molecule has 1 saturated heterocycles. The molecular formula is C122H89B2Cl3N6O4S3. The summed E-state index contributed by atoms with van der Waals surface area (Å²) < 4.78 is 19.5. The highest BCUT2D eigenvalue weighted by Gasteiger charge is 2.52. The summed E-state index contributed by atoms with van der Waals surface area (Å²) >= 11 is 25.1. The van der Waals surface area contributed by atoms with Crippen molar-refractivity contribution in [3.8, 4) is 124 Å². The molecule has 1 fully saturated rings. The molecule has 1 aliphatic rings. The molecule has 0 aliphatic carbocycles. The van der Waals surface area contributed by atoms with E-state index in [4.69, 9.17) is 71.9 Å². The van der Waals surface area contributed by atoms with Crippen LogP contribution in [0.5, 0.6) is 0 Å². The molecule has 0 amide bonds. The van der Waals surface area contributed by atoms with Gasteiger partial charge in [-0.1, -0.05) is 447 Å². The molecule has 0 saturated carbocycles. The molecule has 0 unspecified atom stereocenters. The molecule has 25 rings (SSSR count). The second kappa shape index (κ2) is 41.5. The molecule has 0 spiro atoms. The van der Waals surface area contributed by atoms with Crippen LogP contribution in [-0.2, 0) is 9.31 Å². The number of benzene rings is 18. The van der Waals surface area contributed by atoms with Crippen LogP contribution in [0.2, 0.25) is 15.2 Å². The van der Waals surface area contributed by atoms with Crippen LogP contribution in [0.25, 0.3) is 206 Å². The Morgan fingerprint density at radius 1 is 0.250 bits per heavy atom. The van der Waals surface area contributed by atoms with Crippen LogP contribution in [0.1, 0.15) is 27.7 Å². The lowest BCUT2D eigenvalue weighted by Crippen LogP contribution is -2.41. The van der Waals surface area contributed by atoms with Crippen LogP contribution in [0.4, 0.5) is 0 Å². The Morgan fingerprint density at radius 2 is 0.564 bits per heavy atom. The molecule has 18 heteroatoms. The summed E-state index contributed by atoms with van der Waals surface area (Å²) in [6, 6.07) is 152. The minimum atomic E-state index is -0.429. The van der Waals surface area contributed by atoms with Crippen molar-refractivity contribution in [1.29, 1.82) is 0 Å². The Balaban J connectivity index is 0.000000117. The van der Waals surface area contributed by atoms with Crippen molar-refractivity contribution in [2.75, 3.05) is 0 Å². The summed E-state index contributed by atoms with van der Waals surface area (Å²) in [5, 5.41) is 14.4. The number of nitrogens with zero attached hydrogens (tertiary/aromatic N) is 6. The smallest absolute Gasteiger partial charge is 0.412 e. The Bertz CT molecular complexity index is 8390. The Morgan fingerprint density at radius 3 is 1.00 bits per heavy atom. The summed E-state index contributed by atoms with van der Waals surface area (Å²) in [6.45, 7) is 8.22. The van der Waals surface area contributed by atoms with Crippen molar-refractivity contribution in [1.82, 2.24) is 29.9 Å². The van der Waals surface area contributed by atoms with Crippen LogP contribution < -0.4 is 10.9 Å². The first kappa shape index (κ1) is 94.2. The van der Waals surface area contributed by atoms with E-state index in [0.29, 0.717) is 16.8 Å². The number of fused-ring (bicyclic) bond motifs is 11. The number of thiophene rings is 3. The maximum absolute atomic E-state index is 6.99. The fraction of sp³-hybridized carbons (Fsp3) is 0.0492. The number of hydrogen-bond acceptors (Lipinski definition) is 11. The van der Waals surface area contributed by atoms with E-state index in [-0.39, 0.29) is 22.2 Å². The van der Waals surface area contributed by atoms with Gasteiger partial charge in [0, 0.05) is 113 Å². The summed E-state index contributed by atoms with van der Waals surface area (Å²) in [6.07, 6.45) is 0. The molecule has 7 heterocycles. The van der Waals surface area contributed by atoms with E-state index in [0.717, 1.165) is 109 Å². The van der Waals surface area contributed by atoms with Crippen LogP contribution in [0, 0.1) is 0 Å². The number of halogens is 3. The molecule has 24 aromatic rings. The number of hydrogen-bond donors (Lipinski definition) is 0. The molecule has 0 bridgehead atoms. The predicted octanol–water partition coefficient (Wildman–Crippen LogP) is 32.0. The highest BCUT2D eigenvalue weighted by Crippen LogP contribution is 2.49. The van der Waals surface area contributed by atoms with Gasteiger partial charge in [-0.15, -0.1) is 34.0 Å². The van der Waals surface area contributed by atoms with E-state index in [1.54, 1.807) is 28.7 Å². The standard InChI is InChI=1S/C44H28N2S.C28H17ClN2S.C18H18BClO2S.C16H11B.C16H11ClN2.2H2O/c1-3-13-31(14-4-1)39-28-40(46-44(45-39)33-15-5-2-6-16-33)38-27-26-37-36-19-9-10-21-41(36)47-43(37)42(38)32-24-22-30(23-25-32)35-20-11-17-29-12-7-8-18-34(29)35;29-26-22(16-15-21-20-13-7-8-14-25(20)32-27(21)26)24-17-23(18-9-3-1-4-10-18)30-28(31-24)19-11-5-2-6-12-19;1-17(2)18(3,4)22-19(21-17)13-10-9-12-11-7-5-6-8-14(11)23-16(12)15(13)20;17-14-10-8-13(9-11-14)16-7-3-5-12-4-1-2-6-15(12)16;17-15-11-14(12-7-3-1-4-8-12)18-16(19-15)13-9-5-2-6-10-13;;/h1-28H;1-17H;5-10H,1-4H3;1-11H;1-11H;2*1H2. The average molecular weight is 1930 g/mol. The van der Waals surface area contributed by atoms with Gasteiger partial charge in [-0.2, -0.15) is 0 Å². The number of rotatable bonds is 12. The molecule has 140 heavy (non-hydrogen) atoms. The van der Waals surface area contributed by atoms with E-state index < -0.39 is 7.12 Å². The van der Waals surface area contributed by atoms with Crippen molar-refractivity contribution in [3.63, 3.8) is 0 Å². The third kappa shape index (κ3) is 19.6. The maximum Gasteiger partial charge on any atom is 0.496 e.